The van der Waals surface area contributed by atoms with Gasteiger partial charge in [-0.1, -0.05) is 5.16 Å². The number of nitrogens with one attached hydrogen (secondary N) is 1. The molecule has 1 N–H and O–H groups in total. The molecule has 0 radical (unpaired) electrons. The van der Waals surface area contributed by atoms with E-state index in [0.29, 0.717) is 0 Å². The van der Waals surface area contributed by atoms with Gasteiger partial charge in [0.05, 0.1) is 5.56 Å². The van der Waals surface area contributed by atoms with E-state index in [1.807, 2.05) is 0 Å². The van der Waals surface area contributed by atoms with Crippen molar-refractivity contribution in [3.05, 3.63) is 42.2 Å². The minimum absolute atomic E-state index is 0.138. The molecule has 0 bridgehead atoms. The molecule has 0 saturated heterocycles. The van der Waals surface area contributed by atoms with Crippen molar-refractivity contribution >= 4 is 11.7 Å². The van der Waals surface area contributed by atoms with Crippen LogP contribution in [-0.4, -0.2) is 16.0 Å². The van der Waals surface area contributed by atoms with Crippen molar-refractivity contribution in [2.75, 3.05) is 5.32 Å². The van der Waals surface area contributed by atoms with Crippen molar-refractivity contribution in [3.8, 4) is 0 Å². The number of carbonyl (C=O) groups is 1. The van der Waals surface area contributed by atoms with Gasteiger partial charge in [0.25, 0.3) is 5.91 Å². The Morgan fingerprint density at radius 2 is 2.33 bits per heavy atom. The fourth-order valence-electron chi connectivity index (χ4n) is 1.02. The summed E-state index contributed by atoms with van der Waals surface area (Å²) in [5.41, 5.74) is -0.138. The van der Waals surface area contributed by atoms with Crippen LogP contribution in [0.2, 0.25) is 0 Å². The quantitative estimate of drug-likeness (QED) is 0.757. The number of aromatic nitrogens is 2. The highest BCUT2D eigenvalue weighted by atomic mass is 19.1. The first-order valence-corrected chi connectivity index (χ1v) is 4.09. The summed E-state index contributed by atoms with van der Waals surface area (Å²) in [6.07, 6.45) is 2.57. The van der Waals surface area contributed by atoms with Crippen molar-refractivity contribution in [1.29, 1.82) is 0 Å². The van der Waals surface area contributed by atoms with Gasteiger partial charge in [-0.05, 0) is 12.1 Å². The number of amides is 1. The standard InChI is InChI=1S/C9H6FN3O2/c10-8-6(2-1-4-11-8)9(14)12-7-3-5-15-13-7/h1-5H,(H,12,13,14). The summed E-state index contributed by atoms with van der Waals surface area (Å²) in [5, 5.41) is 5.82. The normalized spacial score (nSPS) is 9.93. The Morgan fingerprint density at radius 1 is 1.47 bits per heavy atom. The molecule has 0 aliphatic carbocycles. The predicted molar refractivity (Wildman–Crippen MR) is 48.7 cm³/mol. The van der Waals surface area contributed by atoms with E-state index >= 15 is 0 Å². The highest BCUT2D eigenvalue weighted by Crippen LogP contribution is 2.07. The maximum atomic E-state index is 13.1. The summed E-state index contributed by atoms with van der Waals surface area (Å²) < 4.78 is 17.6. The van der Waals surface area contributed by atoms with Gasteiger partial charge in [-0.25, -0.2) is 4.98 Å². The molecule has 0 saturated carbocycles. The van der Waals surface area contributed by atoms with Crippen LogP contribution in [0.3, 0.4) is 0 Å². The minimum atomic E-state index is -0.821. The maximum absolute atomic E-state index is 13.1. The van der Waals surface area contributed by atoms with E-state index in [9.17, 15) is 9.18 Å². The topological polar surface area (TPSA) is 68.0 Å². The molecule has 0 fully saturated rings. The Kier molecular flexibility index (Phi) is 2.40. The molecule has 0 aliphatic rings. The maximum Gasteiger partial charge on any atom is 0.261 e. The van der Waals surface area contributed by atoms with Crippen molar-refractivity contribution in [3.63, 3.8) is 0 Å². The van der Waals surface area contributed by atoms with E-state index in [-0.39, 0.29) is 11.4 Å². The lowest BCUT2D eigenvalue weighted by molar-refractivity contribution is 0.102. The molecule has 2 rings (SSSR count). The van der Waals surface area contributed by atoms with Crippen molar-refractivity contribution < 1.29 is 13.7 Å². The van der Waals surface area contributed by atoms with E-state index < -0.39 is 11.9 Å². The average molecular weight is 207 g/mol. The smallest absolute Gasteiger partial charge is 0.261 e. The highest BCUT2D eigenvalue weighted by Gasteiger charge is 2.12. The summed E-state index contributed by atoms with van der Waals surface area (Å²) >= 11 is 0. The number of halogens is 1. The number of anilines is 1. The first-order valence-electron chi connectivity index (χ1n) is 4.09. The van der Waals surface area contributed by atoms with Crippen LogP contribution in [0.5, 0.6) is 0 Å². The summed E-state index contributed by atoms with van der Waals surface area (Å²) in [6.45, 7) is 0. The van der Waals surface area contributed by atoms with Crippen LogP contribution in [0.25, 0.3) is 0 Å². The molecular formula is C9H6FN3O2. The Labute approximate surface area is 83.9 Å². The number of pyridine rings is 1. The van der Waals surface area contributed by atoms with Crippen LogP contribution in [0, 0.1) is 5.95 Å². The summed E-state index contributed by atoms with van der Waals surface area (Å²) in [6, 6.07) is 4.25. The first-order chi connectivity index (χ1) is 7.27. The van der Waals surface area contributed by atoms with Gasteiger partial charge in [-0.2, -0.15) is 4.39 Å². The van der Waals surface area contributed by atoms with Gasteiger partial charge in [0, 0.05) is 12.3 Å². The van der Waals surface area contributed by atoms with Crippen LogP contribution in [-0.2, 0) is 0 Å². The molecule has 2 heterocycles. The van der Waals surface area contributed by atoms with E-state index in [1.54, 1.807) is 0 Å². The average Bonchev–Trinajstić information content (AvgIpc) is 2.71. The van der Waals surface area contributed by atoms with Crippen LogP contribution in [0.15, 0.2) is 35.2 Å². The molecule has 0 aromatic carbocycles. The SMILES string of the molecule is O=C(Nc1ccon1)c1cccnc1F. The second kappa shape index (κ2) is 3.87. The van der Waals surface area contributed by atoms with Crippen molar-refractivity contribution in [2.24, 2.45) is 0 Å². The fourth-order valence-corrected chi connectivity index (χ4v) is 1.02. The molecule has 2 aromatic rings. The monoisotopic (exact) mass is 207 g/mol. The zero-order valence-corrected chi connectivity index (χ0v) is 7.48. The molecule has 2 aromatic heterocycles. The van der Waals surface area contributed by atoms with Gasteiger partial charge >= 0.3 is 0 Å². The molecule has 0 atom stereocenters. The lowest BCUT2D eigenvalue weighted by Crippen LogP contribution is -2.14. The van der Waals surface area contributed by atoms with Gasteiger partial charge in [0.15, 0.2) is 5.82 Å². The predicted octanol–water partition coefficient (Wildman–Crippen LogP) is 1.46. The summed E-state index contributed by atoms with van der Waals surface area (Å²) in [7, 11) is 0. The Balaban J connectivity index is 2.19. The van der Waals surface area contributed by atoms with E-state index in [4.69, 9.17) is 0 Å². The van der Waals surface area contributed by atoms with Gasteiger partial charge in [-0.3, -0.25) is 4.79 Å². The molecular weight excluding hydrogens is 201 g/mol. The lowest BCUT2D eigenvalue weighted by atomic mass is 10.2. The van der Waals surface area contributed by atoms with Crippen molar-refractivity contribution in [2.45, 2.75) is 0 Å². The minimum Gasteiger partial charge on any atom is -0.363 e. The Morgan fingerprint density at radius 3 is 3.00 bits per heavy atom. The van der Waals surface area contributed by atoms with Gasteiger partial charge in [-0.15, -0.1) is 0 Å². The highest BCUT2D eigenvalue weighted by molar-refractivity contribution is 6.03. The third-order valence-corrected chi connectivity index (χ3v) is 1.68. The second-order valence-corrected chi connectivity index (χ2v) is 2.68. The molecule has 76 valence electrons. The number of hydrogen-bond acceptors (Lipinski definition) is 4. The molecule has 0 aliphatic heterocycles. The third-order valence-electron chi connectivity index (χ3n) is 1.68. The number of nitrogens with zero attached hydrogens (tertiary/aromatic N) is 2. The molecule has 0 unspecified atom stereocenters. The Hall–Kier alpha value is -2.24. The lowest BCUT2D eigenvalue weighted by Gasteiger charge is -2.00. The van der Waals surface area contributed by atoms with Gasteiger partial charge in [0.1, 0.15) is 6.26 Å². The van der Waals surface area contributed by atoms with Crippen LogP contribution in [0.4, 0.5) is 10.2 Å². The summed E-state index contributed by atoms with van der Waals surface area (Å²) in [4.78, 5) is 14.8. The van der Waals surface area contributed by atoms with E-state index in [0.717, 1.165) is 0 Å². The molecule has 6 heteroatoms. The van der Waals surface area contributed by atoms with E-state index in [1.165, 1.54) is 30.7 Å². The van der Waals surface area contributed by atoms with Crippen molar-refractivity contribution in [1.82, 2.24) is 10.1 Å². The number of carbonyl (C=O) groups excluding carboxylic acids is 1. The summed E-state index contributed by atoms with van der Waals surface area (Å²) in [5.74, 6) is -1.21. The van der Waals surface area contributed by atoms with Gasteiger partial charge in [0.2, 0.25) is 5.95 Å². The molecule has 1 amide bonds. The van der Waals surface area contributed by atoms with Crippen LogP contribution in [0.1, 0.15) is 10.4 Å². The van der Waals surface area contributed by atoms with Crippen LogP contribution >= 0.6 is 0 Å². The molecule has 0 spiro atoms. The van der Waals surface area contributed by atoms with Gasteiger partial charge < -0.3 is 9.84 Å². The largest absolute Gasteiger partial charge is 0.363 e. The van der Waals surface area contributed by atoms with E-state index in [2.05, 4.69) is 20.0 Å². The Bertz CT molecular complexity index is 470. The zero-order valence-electron chi connectivity index (χ0n) is 7.48. The van der Waals surface area contributed by atoms with Crippen LogP contribution < -0.4 is 5.32 Å². The first kappa shape index (κ1) is 9.32. The third kappa shape index (κ3) is 1.98. The zero-order chi connectivity index (χ0) is 10.7. The fraction of sp³-hybridized carbons (Fsp3) is 0. The molecule has 5 nitrogen and oxygen atoms in total. The second-order valence-electron chi connectivity index (χ2n) is 2.68. The number of hydrogen-bond donors (Lipinski definition) is 1. The molecule has 15 heavy (non-hydrogen) atoms. The number of rotatable bonds is 2.